The number of benzene rings is 2. The molecule has 0 fully saturated rings. The third-order valence-electron chi connectivity index (χ3n) is 5.31. The third-order valence-corrected chi connectivity index (χ3v) is 5.31. The van der Waals surface area contributed by atoms with E-state index in [-0.39, 0.29) is 18.3 Å². The molecule has 0 aliphatic heterocycles. The minimum atomic E-state index is -0.303. The lowest BCUT2D eigenvalue weighted by molar-refractivity contribution is -0.121. The van der Waals surface area contributed by atoms with E-state index in [0.29, 0.717) is 13.1 Å². The number of carbonyl (C=O) groups is 1. The van der Waals surface area contributed by atoms with E-state index >= 15 is 0 Å². The Bertz CT molecular complexity index is 1390. The Labute approximate surface area is 188 Å². The van der Waals surface area contributed by atoms with Crippen LogP contribution in [0.2, 0.25) is 0 Å². The van der Waals surface area contributed by atoms with Gasteiger partial charge in [-0.05, 0) is 54.1 Å². The van der Waals surface area contributed by atoms with Gasteiger partial charge in [-0.3, -0.25) is 14.5 Å². The lowest BCUT2D eigenvalue weighted by atomic mass is 10.0. The van der Waals surface area contributed by atoms with E-state index in [2.05, 4.69) is 25.7 Å². The van der Waals surface area contributed by atoms with Crippen LogP contribution in [0.5, 0.6) is 0 Å². The molecule has 0 saturated carbocycles. The van der Waals surface area contributed by atoms with Crippen LogP contribution >= 0.6 is 0 Å². The van der Waals surface area contributed by atoms with Crippen molar-refractivity contribution in [3.8, 4) is 22.4 Å². The van der Waals surface area contributed by atoms with Gasteiger partial charge in [-0.25, -0.2) is 9.07 Å². The summed E-state index contributed by atoms with van der Waals surface area (Å²) in [5.74, 6) is -0.473. The first-order chi connectivity index (χ1) is 16.2. The molecule has 1 N–H and O–H groups in total. The minimum absolute atomic E-state index is 0.0761. The number of hydrogen-bond donors (Lipinski definition) is 1. The predicted molar refractivity (Wildman–Crippen MR) is 121 cm³/mol. The molecule has 0 radical (unpaired) electrons. The Kier molecular flexibility index (Phi) is 5.59. The summed E-state index contributed by atoms with van der Waals surface area (Å²) < 4.78 is 16.9. The van der Waals surface area contributed by atoms with Crippen LogP contribution in [0.25, 0.3) is 33.4 Å². The summed E-state index contributed by atoms with van der Waals surface area (Å²) in [6, 6.07) is 17.6. The summed E-state index contributed by atoms with van der Waals surface area (Å²) >= 11 is 0. The van der Waals surface area contributed by atoms with Crippen LogP contribution in [0.4, 0.5) is 4.39 Å². The largest absolute Gasteiger partial charge is 0.353 e. The van der Waals surface area contributed by atoms with Crippen molar-refractivity contribution in [1.29, 1.82) is 0 Å². The van der Waals surface area contributed by atoms with Crippen LogP contribution < -0.4 is 5.32 Å². The molecule has 1 amide bonds. The highest BCUT2D eigenvalue weighted by Gasteiger charge is 2.15. The molecule has 3 aromatic heterocycles. The SMILES string of the molecule is O=C(Cn1nnc2ccccc21)NCCn1ncc(-c2ccncc2)c1-c1ccc(F)cc1. The maximum Gasteiger partial charge on any atom is 0.241 e. The second-order valence-electron chi connectivity index (χ2n) is 7.46. The number of pyridine rings is 1. The maximum atomic E-state index is 13.5. The van der Waals surface area contributed by atoms with Crippen LogP contribution in [0.15, 0.2) is 79.3 Å². The molecule has 3 heterocycles. The Morgan fingerprint density at radius 2 is 1.73 bits per heavy atom. The summed E-state index contributed by atoms with van der Waals surface area (Å²) in [4.78, 5) is 16.6. The molecule has 0 aliphatic rings. The highest BCUT2D eigenvalue weighted by Crippen LogP contribution is 2.31. The van der Waals surface area contributed by atoms with E-state index in [4.69, 9.17) is 0 Å². The highest BCUT2D eigenvalue weighted by molar-refractivity contribution is 5.81. The van der Waals surface area contributed by atoms with Gasteiger partial charge in [0.1, 0.15) is 17.9 Å². The quantitative estimate of drug-likeness (QED) is 0.419. The highest BCUT2D eigenvalue weighted by atomic mass is 19.1. The van der Waals surface area contributed by atoms with E-state index in [1.807, 2.05) is 41.1 Å². The second kappa shape index (κ2) is 8.99. The van der Waals surface area contributed by atoms with Crippen LogP contribution in [0.1, 0.15) is 0 Å². The van der Waals surface area contributed by atoms with Crippen molar-refractivity contribution in [1.82, 2.24) is 35.1 Å². The Morgan fingerprint density at radius 3 is 2.55 bits per heavy atom. The van der Waals surface area contributed by atoms with Gasteiger partial charge in [-0.2, -0.15) is 5.10 Å². The van der Waals surface area contributed by atoms with Gasteiger partial charge in [-0.15, -0.1) is 5.10 Å². The average molecular weight is 441 g/mol. The molecule has 164 valence electrons. The number of halogens is 1. The van der Waals surface area contributed by atoms with Crippen molar-refractivity contribution in [2.24, 2.45) is 0 Å². The fourth-order valence-electron chi connectivity index (χ4n) is 3.74. The van der Waals surface area contributed by atoms with Crippen molar-refractivity contribution in [3.63, 3.8) is 0 Å². The van der Waals surface area contributed by atoms with Gasteiger partial charge in [0.2, 0.25) is 5.91 Å². The second-order valence-corrected chi connectivity index (χ2v) is 7.46. The zero-order chi connectivity index (χ0) is 22.6. The molecule has 0 atom stereocenters. The number of amides is 1. The zero-order valence-electron chi connectivity index (χ0n) is 17.6. The number of rotatable bonds is 7. The average Bonchev–Trinajstić information content (AvgIpc) is 3.45. The normalized spacial score (nSPS) is 11.1. The number of fused-ring (bicyclic) bond motifs is 1. The van der Waals surface area contributed by atoms with E-state index in [9.17, 15) is 9.18 Å². The van der Waals surface area contributed by atoms with E-state index in [1.54, 1.807) is 35.4 Å². The maximum absolute atomic E-state index is 13.5. The molecule has 0 saturated heterocycles. The summed E-state index contributed by atoms with van der Waals surface area (Å²) in [5, 5.41) is 15.6. The predicted octanol–water partition coefficient (Wildman–Crippen LogP) is 3.31. The third kappa shape index (κ3) is 4.33. The van der Waals surface area contributed by atoms with Gasteiger partial charge >= 0.3 is 0 Å². The van der Waals surface area contributed by atoms with Crippen LogP contribution in [-0.2, 0) is 17.9 Å². The van der Waals surface area contributed by atoms with Crippen molar-refractivity contribution in [2.45, 2.75) is 13.1 Å². The Morgan fingerprint density at radius 1 is 0.939 bits per heavy atom. The zero-order valence-corrected chi connectivity index (χ0v) is 17.6. The number of para-hydroxylation sites is 1. The first kappa shape index (κ1) is 20.5. The molecule has 5 aromatic rings. The standard InChI is InChI=1S/C24H20FN7O/c25-19-7-5-18(6-8-19)24-20(17-9-11-26-12-10-17)15-28-31(24)14-13-27-23(33)16-32-22-4-2-1-3-21(22)29-30-32/h1-12,15H,13-14,16H2,(H,27,33). The Balaban J connectivity index is 1.32. The summed E-state index contributed by atoms with van der Waals surface area (Å²) in [6.45, 7) is 0.894. The fraction of sp³-hybridized carbons (Fsp3) is 0.125. The topological polar surface area (TPSA) is 90.5 Å². The van der Waals surface area contributed by atoms with Gasteiger partial charge in [0.25, 0.3) is 0 Å². The van der Waals surface area contributed by atoms with Gasteiger partial charge < -0.3 is 5.32 Å². The first-order valence-corrected chi connectivity index (χ1v) is 10.5. The minimum Gasteiger partial charge on any atom is -0.353 e. The molecule has 0 unspecified atom stereocenters. The van der Waals surface area contributed by atoms with Gasteiger partial charge in [0.15, 0.2) is 0 Å². The molecule has 0 spiro atoms. The van der Waals surface area contributed by atoms with Gasteiger partial charge in [0, 0.05) is 30.1 Å². The molecule has 8 nitrogen and oxygen atoms in total. The molecule has 9 heteroatoms. The molecule has 0 aliphatic carbocycles. The van der Waals surface area contributed by atoms with Gasteiger partial charge in [0.05, 0.1) is 24.0 Å². The summed E-state index contributed by atoms with van der Waals surface area (Å²) in [6.07, 6.45) is 5.21. The van der Waals surface area contributed by atoms with Gasteiger partial charge in [-0.1, -0.05) is 17.3 Å². The van der Waals surface area contributed by atoms with Crippen molar-refractivity contribution in [2.75, 3.05) is 6.54 Å². The molecular formula is C24H20FN7O. The summed E-state index contributed by atoms with van der Waals surface area (Å²) in [5.41, 5.74) is 5.09. The van der Waals surface area contributed by atoms with Crippen molar-refractivity contribution < 1.29 is 9.18 Å². The fourth-order valence-corrected chi connectivity index (χ4v) is 3.74. The van der Waals surface area contributed by atoms with Crippen LogP contribution in [-0.4, -0.2) is 42.2 Å². The summed E-state index contributed by atoms with van der Waals surface area (Å²) in [7, 11) is 0. The van der Waals surface area contributed by atoms with E-state index < -0.39 is 0 Å². The van der Waals surface area contributed by atoms with E-state index in [0.717, 1.165) is 33.4 Å². The van der Waals surface area contributed by atoms with Crippen molar-refractivity contribution in [3.05, 3.63) is 85.1 Å². The number of nitrogens with one attached hydrogen (secondary N) is 1. The first-order valence-electron chi connectivity index (χ1n) is 10.5. The number of nitrogens with zero attached hydrogens (tertiary/aromatic N) is 6. The Hall–Kier alpha value is -4.40. The van der Waals surface area contributed by atoms with Crippen molar-refractivity contribution >= 4 is 16.9 Å². The molecule has 0 bridgehead atoms. The number of carbonyl (C=O) groups excluding carboxylic acids is 1. The molecule has 2 aromatic carbocycles. The molecule has 5 rings (SSSR count). The number of aromatic nitrogens is 6. The molecular weight excluding hydrogens is 421 g/mol. The van der Waals surface area contributed by atoms with Crippen LogP contribution in [0, 0.1) is 5.82 Å². The number of hydrogen-bond acceptors (Lipinski definition) is 5. The molecule has 33 heavy (non-hydrogen) atoms. The monoisotopic (exact) mass is 441 g/mol. The lowest BCUT2D eigenvalue weighted by Gasteiger charge is -2.11. The van der Waals surface area contributed by atoms with E-state index in [1.165, 1.54) is 12.1 Å². The smallest absolute Gasteiger partial charge is 0.241 e. The lowest BCUT2D eigenvalue weighted by Crippen LogP contribution is -2.31. The van der Waals surface area contributed by atoms with Crippen LogP contribution in [0.3, 0.4) is 0 Å².